The number of nitrogens with two attached hydrogens (primary N) is 1. The number of nitrogens with zero attached hydrogens (tertiary/aromatic N) is 1. The molecule has 0 saturated carbocycles. The number of hydrogen-bond donors (Lipinski definition) is 2. The van der Waals surface area contributed by atoms with Gasteiger partial charge >= 0.3 is 0 Å². The molecule has 3 N–H and O–H groups in total. The van der Waals surface area contributed by atoms with E-state index in [1.165, 1.54) is 0 Å². The number of nitrogens with one attached hydrogen (secondary N) is 1. The van der Waals surface area contributed by atoms with Crippen LogP contribution in [0.25, 0.3) is 0 Å². The van der Waals surface area contributed by atoms with Crippen molar-refractivity contribution in [3.8, 4) is 0 Å². The van der Waals surface area contributed by atoms with Crippen molar-refractivity contribution in [2.24, 2.45) is 16.6 Å². The summed E-state index contributed by atoms with van der Waals surface area (Å²) in [5.41, 5.74) is 5.78. The van der Waals surface area contributed by atoms with Gasteiger partial charge in [-0.2, -0.15) is 0 Å². The summed E-state index contributed by atoms with van der Waals surface area (Å²) in [6.07, 6.45) is 2.17. The molecule has 4 heteroatoms. The lowest BCUT2D eigenvalue weighted by Gasteiger charge is -2.34. The first-order chi connectivity index (χ1) is 7.02. The topological polar surface area (TPSA) is 59.6 Å². The smallest absolute Gasteiger partial charge is 0.189 e. The summed E-state index contributed by atoms with van der Waals surface area (Å²) in [5, 5.41) is 3.25. The highest BCUT2D eigenvalue weighted by molar-refractivity contribution is 5.78. The summed E-state index contributed by atoms with van der Waals surface area (Å²) in [4.78, 5) is 4.29. The van der Waals surface area contributed by atoms with E-state index >= 15 is 0 Å². The first-order valence-electron chi connectivity index (χ1n) is 5.68. The predicted molar refractivity (Wildman–Crippen MR) is 62.9 cm³/mol. The second-order valence-electron chi connectivity index (χ2n) is 4.96. The molecule has 0 bridgehead atoms. The summed E-state index contributed by atoms with van der Waals surface area (Å²) >= 11 is 0. The lowest BCUT2D eigenvalue weighted by Crippen LogP contribution is -2.54. The Labute approximate surface area is 92.3 Å². The van der Waals surface area contributed by atoms with Crippen molar-refractivity contribution < 1.29 is 4.74 Å². The fourth-order valence-electron chi connectivity index (χ4n) is 1.66. The van der Waals surface area contributed by atoms with Crippen molar-refractivity contribution in [2.75, 3.05) is 19.8 Å². The Balaban J connectivity index is 2.41. The van der Waals surface area contributed by atoms with Crippen molar-refractivity contribution in [2.45, 2.75) is 39.2 Å². The predicted octanol–water partition coefficient (Wildman–Crippen LogP) is 1.12. The molecule has 1 aliphatic heterocycles. The zero-order valence-electron chi connectivity index (χ0n) is 10.0. The molecule has 0 aromatic carbocycles. The molecule has 0 spiro atoms. The molecular formula is C11H23N3O. The van der Waals surface area contributed by atoms with E-state index in [0.717, 1.165) is 26.0 Å². The zero-order chi connectivity index (χ0) is 11.3. The maximum absolute atomic E-state index is 5.82. The van der Waals surface area contributed by atoms with Gasteiger partial charge < -0.3 is 15.8 Å². The van der Waals surface area contributed by atoms with Gasteiger partial charge in [-0.1, -0.05) is 13.8 Å². The second-order valence-corrected chi connectivity index (χ2v) is 4.96. The minimum atomic E-state index is -0.0389. The van der Waals surface area contributed by atoms with Gasteiger partial charge in [-0.05, 0) is 25.7 Å². The largest absolute Gasteiger partial charge is 0.379 e. The highest BCUT2D eigenvalue weighted by Crippen LogP contribution is 2.17. The van der Waals surface area contributed by atoms with Crippen molar-refractivity contribution in [1.82, 2.24) is 5.32 Å². The minimum Gasteiger partial charge on any atom is -0.379 e. The molecule has 4 nitrogen and oxygen atoms in total. The molecule has 0 aliphatic carbocycles. The number of guanidine groups is 1. The van der Waals surface area contributed by atoms with Crippen LogP contribution in [0.1, 0.15) is 33.6 Å². The molecular weight excluding hydrogens is 190 g/mol. The van der Waals surface area contributed by atoms with E-state index < -0.39 is 0 Å². The molecule has 1 fully saturated rings. The summed E-state index contributed by atoms with van der Waals surface area (Å²) in [6, 6.07) is 0. The van der Waals surface area contributed by atoms with Crippen LogP contribution in [0.3, 0.4) is 0 Å². The maximum Gasteiger partial charge on any atom is 0.189 e. The van der Waals surface area contributed by atoms with Crippen LogP contribution in [-0.4, -0.2) is 31.3 Å². The van der Waals surface area contributed by atoms with E-state index in [0.29, 0.717) is 18.5 Å². The molecule has 1 saturated heterocycles. The van der Waals surface area contributed by atoms with Crippen LogP contribution in [0.15, 0.2) is 4.99 Å². The fraction of sp³-hybridized carbons (Fsp3) is 0.909. The van der Waals surface area contributed by atoms with E-state index in [-0.39, 0.29) is 5.54 Å². The summed E-state index contributed by atoms with van der Waals surface area (Å²) in [5.74, 6) is 1.08. The second kappa shape index (κ2) is 5.35. The first-order valence-corrected chi connectivity index (χ1v) is 5.68. The van der Waals surface area contributed by atoms with Gasteiger partial charge in [0.05, 0.1) is 12.1 Å². The molecule has 0 amide bonds. The minimum absolute atomic E-state index is 0.0389. The van der Waals surface area contributed by atoms with Crippen LogP contribution in [0.4, 0.5) is 0 Å². The third kappa shape index (κ3) is 4.51. The van der Waals surface area contributed by atoms with E-state index in [2.05, 4.69) is 31.1 Å². The normalized spacial score (nSPS) is 28.1. The lowest BCUT2D eigenvalue weighted by atomic mass is 9.95. The number of ether oxygens (including phenoxy) is 1. The van der Waals surface area contributed by atoms with Crippen LogP contribution in [0, 0.1) is 5.92 Å². The van der Waals surface area contributed by atoms with Crippen molar-refractivity contribution in [3.05, 3.63) is 0 Å². The molecule has 1 rings (SSSR count). The van der Waals surface area contributed by atoms with Crippen LogP contribution < -0.4 is 11.1 Å². The van der Waals surface area contributed by atoms with E-state index in [9.17, 15) is 0 Å². The van der Waals surface area contributed by atoms with Crippen LogP contribution in [0.5, 0.6) is 0 Å². The lowest BCUT2D eigenvalue weighted by molar-refractivity contribution is 0.0369. The summed E-state index contributed by atoms with van der Waals surface area (Å²) in [6.45, 7) is 8.73. The van der Waals surface area contributed by atoms with E-state index in [1.807, 2.05) is 0 Å². The fourth-order valence-corrected chi connectivity index (χ4v) is 1.66. The standard InChI is InChI=1S/C11H23N3O/c1-9(2)7-13-10(12)14-11(3)5-4-6-15-8-11/h9H,4-8H2,1-3H3,(H3,12,13,14). The molecule has 0 radical (unpaired) electrons. The van der Waals surface area contributed by atoms with E-state index in [4.69, 9.17) is 10.5 Å². The first kappa shape index (κ1) is 12.3. The van der Waals surface area contributed by atoms with Crippen LogP contribution in [-0.2, 0) is 4.74 Å². The Morgan fingerprint density at radius 2 is 2.33 bits per heavy atom. The molecule has 1 heterocycles. The van der Waals surface area contributed by atoms with Gasteiger partial charge in [-0.15, -0.1) is 0 Å². The van der Waals surface area contributed by atoms with Gasteiger partial charge in [0, 0.05) is 13.2 Å². The van der Waals surface area contributed by atoms with Gasteiger partial charge in [-0.25, -0.2) is 0 Å². The zero-order valence-corrected chi connectivity index (χ0v) is 10.0. The van der Waals surface area contributed by atoms with Crippen LogP contribution in [0.2, 0.25) is 0 Å². The number of hydrogen-bond acceptors (Lipinski definition) is 2. The molecule has 15 heavy (non-hydrogen) atoms. The summed E-state index contributed by atoms with van der Waals surface area (Å²) < 4.78 is 5.44. The molecule has 1 atom stereocenters. The monoisotopic (exact) mass is 213 g/mol. The van der Waals surface area contributed by atoms with Crippen LogP contribution >= 0.6 is 0 Å². The molecule has 1 aliphatic rings. The average Bonchev–Trinajstić information content (AvgIpc) is 2.15. The Bertz CT molecular complexity index is 220. The quantitative estimate of drug-likeness (QED) is 0.545. The van der Waals surface area contributed by atoms with Gasteiger partial charge in [0.15, 0.2) is 5.96 Å². The van der Waals surface area contributed by atoms with Gasteiger partial charge in [-0.3, -0.25) is 4.99 Å². The van der Waals surface area contributed by atoms with Gasteiger partial charge in [0.1, 0.15) is 0 Å². The Kier molecular flexibility index (Phi) is 4.39. The van der Waals surface area contributed by atoms with Gasteiger partial charge in [0.25, 0.3) is 0 Å². The highest BCUT2D eigenvalue weighted by Gasteiger charge is 2.27. The number of aliphatic imine (C=N–C) groups is 1. The Hall–Kier alpha value is -0.770. The average molecular weight is 213 g/mol. The van der Waals surface area contributed by atoms with Crippen molar-refractivity contribution in [3.63, 3.8) is 0 Å². The molecule has 88 valence electrons. The molecule has 0 aromatic rings. The SMILES string of the molecule is CC(C)CN=C(N)NC1(C)CCCOC1. The Morgan fingerprint density at radius 3 is 2.87 bits per heavy atom. The summed E-state index contributed by atoms with van der Waals surface area (Å²) in [7, 11) is 0. The third-order valence-corrected chi connectivity index (χ3v) is 2.49. The molecule has 0 aromatic heterocycles. The number of rotatable bonds is 3. The highest BCUT2D eigenvalue weighted by atomic mass is 16.5. The molecule has 1 unspecified atom stereocenters. The van der Waals surface area contributed by atoms with Gasteiger partial charge in [0.2, 0.25) is 0 Å². The Morgan fingerprint density at radius 1 is 1.60 bits per heavy atom. The van der Waals surface area contributed by atoms with Crippen molar-refractivity contribution in [1.29, 1.82) is 0 Å². The van der Waals surface area contributed by atoms with E-state index in [1.54, 1.807) is 0 Å². The third-order valence-electron chi connectivity index (χ3n) is 2.49. The maximum atomic E-state index is 5.82. The van der Waals surface area contributed by atoms with Crippen molar-refractivity contribution >= 4 is 5.96 Å².